The van der Waals surface area contributed by atoms with Gasteiger partial charge < -0.3 is 15.8 Å². The number of hydrogen-bond donors (Lipinski definition) is 2. The van der Waals surface area contributed by atoms with E-state index in [0.29, 0.717) is 24.4 Å². The van der Waals surface area contributed by atoms with Crippen molar-refractivity contribution in [3.05, 3.63) is 52.6 Å². The first-order chi connectivity index (χ1) is 10.6. The molecule has 24 heavy (non-hydrogen) atoms. The predicted molar refractivity (Wildman–Crippen MR) is 104 cm³/mol. The molecule has 1 atom stereocenters. The highest BCUT2D eigenvalue weighted by molar-refractivity contribution is 9.10. The van der Waals surface area contributed by atoms with Crippen molar-refractivity contribution in [1.29, 1.82) is 0 Å². The van der Waals surface area contributed by atoms with Crippen LogP contribution in [-0.2, 0) is 0 Å². The lowest BCUT2D eigenvalue weighted by atomic mass is 10.2. The van der Waals surface area contributed by atoms with E-state index in [1.54, 1.807) is 24.4 Å². The van der Waals surface area contributed by atoms with E-state index in [4.69, 9.17) is 10.5 Å². The smallest absolute Gasteiger partial charge is 0.256 e. The molecule has 0 bridgehead atoms. The normalized spacial score (nSPS) is 10.8. The lowest BCUT2D eigenvalue weighted by molar-refractivity contribution is 0.0945. The summed E-state index contributed by atoms with van der Waals surface area (Å²) in [6.45, 7) is 3.01. The predicted octanol–water partition coefficient (Wildman–Crippen LogP) is 3.80. The molecule has 1 heterocycles. The summed E-state index contributed by atoms with van der Waals surface area (Å²) in [6, 6.07) is 10.8. The van der Waals surface area contributed by atoms with Gasteiger partial charge in [0.2, 0.25) is 5.88 Å². The van der Waals surface area contributed by atoms with Crippen LogP contribution in [0, 0.1) is 5.92 Å². The average Bonchev–Trinajstić information content (AvgIpc) is 2.53. The highest BCUT2D eigenvalue weighted by Gasteiger charge is 2.14. The molecule has 0 saturated heterocycles. The van der Waals surface area contributed by atoms with Crippen LogP contribution in [0.4, 0.5) is 0 Å². The van der Waals surface area contributed by atoms with Crippen molar-refractivity contribution in [3.63, 3.8) is 0 Å². The van der Waals surface area contributed by atoms with Gasteiger partial charge in [-0.05, 0) is 42.8 Å². The number of ether oxygens (including phenoxy) is 1. The molecule has 132 valence electrons. The van der Waals surface area contributed by atoms with E-state index < -0.39 is 0 Å². The highest BCUT2D eigenvalue weighted by atomic mass is 79.9. The monoisotopic (exact) mass is 435 g/mol. The second kappa shape index (κ2) is 11.3. The molecule has 3 N–H and O–H groups in total. The lowest BCUT2D eigenvalue weighted by Crippen LogP contribution is -2.31. The maximum absolute atomic E-state index is 12.3. The number of nitrogens with zero attached hydrogens (tertiary/aromatic N) is 1. The Morgan fingerprint density at radius 1 is 1.33 bits per heavy atom. The lowest BCUT2D eigenvalue weighted by Gasteiger charge is -2.12. The maximum Gasteiger partial charge on any atom is 0.256 e. The van der Waals surface area contributed by atoms with Crippen molar-refractivity contribution in [2.24, 2.45) is 11.7 Å². The number of nitrogens with two attached hydrogens (primary N) is 1. The molecule has 1 aromatic heterocycles. The molecule has 1 aromatic carbocycles. The summed E-state index contributed by atoms with van der Waals surface area (Å²) in [4.78, 5) is 16.4. The standard InChI is InChI=1S/C16H18BrN3O2.2ClH/c1-11(9-18)10-20-15(21)14-6-3-7-19-16(14)22-13-5-2-4-12(17)8-13;;/h2-8,11H,9-10,18H2,1H3,(H,20,21);2*1H. The summed E-state index contributed by atoms with van der Waals surface area (Å²) in [7, 11) is 0. The minimum Gasteiger partial charge on any atom is -0.438 e. The Kier molecular flexibility index (Phi) is 10.6. The molecule has 0 saturated carbocycles. The molecule has 0 aliphatic heterocycles. The summed E-state index contributed by atoms with van der Waals surface area (Å²) >= 11 is 3.38. The van der Waals surface area contributed by atoms with Gasteiger partial charge in [0.25, 0.3) is 5.91 Å². The first-order valence-corrected chi connectivity index (χ1v) is 7.76. The second-order valence-corrected chi connectivity index (χ2v) is 5.88. The summed E-state index contributed by atoms with van der Waals surface area (Å²) in [5, 5.41) is 2.84. The number of benzene rings is 1. The van der Waals surface area contributed by atoms with Gasteiger partial charge in [-0.3, -0.25) is 4.79 Å². The summed E-state index contributed by atoms with van der Waals surface area (Å²) in [6.07, 6.45) is 1.59. The highest BCUT2D eigenvalue weighted by Crippen LogP contribution is 2.25. The molecule has 8 heteroatoms. The molecule has 2 aromatic rings. The van der Waals surface area contributed by atoms with Crippen LogP contribution in [-0.4, -0.2) is 24.0 Å². The summed E-state index contributed by atoms with van der Waals surface area (Å²) in [5.41, 5.74) is 5.95. The number of carbonyl (C=O) groups excluding carboxylic acids is 1. The Balaban J connectivity index is 0.00000264. The molecule has 2 rings (SSSR count). The third-order valence-electron chi connectivity index (χ3n) is 3.04. The van der Waals surface area contributed by atoms with Crippen LogP contribution >= 0.6 is 40.7 Å². The molecule has 0 aliphatic carbocycles. The van der Waals surface area contributed by atoms with E-state index >= 15 is 0 Å². The van der Waals surface area contributed by atoms with Crippen LogP contribution in [0.15, 0.2) is 47.1 Å². The van der Waals surface area contributed by atoms with Crippen molar-refractivity contribution in [2.45, 2.75) is 6.92 Å². The minimum atomic E-state index is -0.224. The van der Waals surface area contributed by atoms with Gasteiger partial charge in [0, 0.05) is 17.2 Å². The zero-order valence-corrected chi connectivity index (χ0v) is 16.3. The molecule has 0 spiro atoms. The first kappa shape index (κ1) is 22.7. The number of rotatable bonds is 6. The van der Waals surface area contributed by atoms with E-state index in [0.717, 1.165) is 4.47 Å². The van der Waals surface area contributed by atoms with Crippen LogP contribution in [0.5, 0.6) is 11.6 Å². The quantitative estimate of drug-likeness (QED) is 0.721. The van der Waals surface area contributed by atoms with Crippen LogP contribution < -0.4 is 15.8 Å². The molecular weight excluding hydrogens is 417 g/mol. The minimum absolute atomic E-state index is 0. The third kappa shape index (κ3) is 6.65. The number of halogens is 3. The number of nitrogens with one attached hydrogen (secondary N) is 1. The molecule has 5 nitrogen and oxygen atoms in total. The summed E-state index contributed by atoms with van der Waals surface area (Å²) in [5.74, 6) is 0.879. The Labute approximate surface area is 162 Å². The molecule has 0 radical (unpaired) electrons. The number of aromatic nitrogens is 1. The van der Waals surface area contributed by atoms with Gasteiger partial charge in [-0.2, -0.15) is 0 Å². The van der Waals surface area contributed by atoms with Crippen molar-refractivity contribution in [1.82, 2.24) is 10.3 Å². The van der Waals surface area contributed by atoms with Crippen molar-refractivity contribution in [3.8, 4) is 11.6 Å². The van der Waals surface area contributed by atoms with Gasteiger partial charge in [-0.15, -0.1) is 24.8 Å². The Morgan fingerprint density at radius 2 is 2.08 bits per heavy atom. The van der Waals surface area contributed by atoms with Crippen LogP contribution in [0.2, 0.25) is 0 Å². The fraction of sp³-hybridized carbons (Fsp3) is 0.250. The van der Waals surface area contributed by atoms with Crippen molar-refractivity contribution < 1.29 is 9.53 Å². The van der Waals surface area contributed by atoms with E-state index in [9.17, 15) is 4.79 Å². The van der Waals surface area contributed by atoms with Gasteiger partial charge in [0.15, 0.2) is 0 Å². The van der Waals surface area contributed by atoms with Crippen molar-refractivity contribution >= 4 is 46.7 Å². The van der Waals surface area contributed by atoms with Crippen LogP contribution in [0.3, 0.4) is 0 Å². The molecule has 1 amide bonds. The van der Waals surface area contributed by atoms with Gasteiger partial charge in [0.1, 0.15) is 11.3 Å². The zero-order valence-electron chi connectivity index (χ0n) is 13.1. The van der Waals surface area contributed by atoms with Gasteiger partial charge >= 0.3 is 0 Å². The van der Waals surface area contributed by atoms with Crippen LogP contribution in [0.1, 0.15) is 17.3 Å². The van der Waals surface area contributed by atoms with E-state index in [2.05, 4.69) is 26.2 Å². The van der Waals surface area contributed by atoms with E-state index in [1.807, 2.05) is 25.1 Å². The summed E-state index contributed by atoms with van der Waals surface area (Å²) < 4.78 is 6.61. The fourth-order valence-corrected chi connectivity index (χ4v) is 2.11. The number of hydrogen-bond acceptors (Lipinski definition) is 4. The van der Waals surface area contributed by atoms with Crippen LogP contribution in [0.25, 0.3) is 0 Å². The largest absolute Gasteiger partial charge is 0.438 e. The zero-order chi connectivity index (χ0) is 15.9. The van der Waals surface area contributed by atoms with Crippen molar-refractivity contribution in [2.75, 3.05) is 13.1 Å². The van der Waals surface area contributed by atoms with E-state index in [1.165, 1.54) is 0 Å². The second-order valence-electron chi connectivity index (χ2n) is 4.97. The van der Waals surface area contributed by atoms with E-state index in [-0.39, 0.29) is 42.5 Å². The molecule has 0 aliphatic rings. The van der Waals surface area contributed by atoms with Gasteiger partial charge in [0.05, 0.1) is 0 Å². The SMILES string of the molecule is CC(CN)CNC(=O)c1cccnc1Oc1cccc(Br)c1.Cl.Cl. The molecule has 0 fully saturated rings. The van der Waals surface area contributed by atoms with Gasteiger partial charge in [-0.1, -0.05) is 28.9 Å². The Morgan fingerprint density at radius 3 is 2.75 bits per heavy atom. The third-order valence-corrected chi connectivity index (χ3v) is 3.53. The fourth-order valence-electron chi connectivity index (χ4n) is 1.73. The molecular formula is C16H20BrCl2N3O2. The van der Waals surface area contributed by atoms with Gasteiger partial charge in [-0.25, -0.2) is 4.98 Å². The number of amides is 1. The Bertz CT molecular complexity index is 659. The first-order valence-electron chi connectivity index (χ1n) is 6.97. The number of pyridine rings is 1. The maximum atomic E-state index is 12.3. The number of carbonyl (C=O) groups is 1. The molecule has 1 unspecified atom stereocenters. The average molecular weight is 437 g/mol. The topological polar surface area (TPSA) is 77.2 Å². The Hall–Kier alpha value is -1.34.